The number of rotatable bonds is 4. The van der Waals surface area contributed by atoms with Crippen LogP contribution in [0.1, 0.15) is 34.3 Å². The Kier molecular flexibility index (Phi) is 5.12. The first-order valence-electron chi connectivity index (χ1n) is 8.36. The van der Waals surface area contributed by atoms with Crippen LogP contribution in [0.25, 0.3) is 0 Å². The zero-order valence-electron chi connectivity index (χ0n) is 14.5. The van der Waals surface area contributed by atoms with Crippen molar-refractivity contribution in [1.29, 1.82) is 0 Å². The molecule has 1 heterocycles. The predicted molar refractivity (Wildman–Crippen MR) is 97.6 cm³/mol. The quantitative estimate of drug-likeness (QED) is 0.616. The molecule has 130 valence electrons. The molecule has 0 radical (unpaired) electrons. The Morgan fingerprint density at radius 3 is 2.52 bits per heavy atom. The maximum atomic E-state index is 14.4. The second-order valence-corrected chi connectivity index (χ2v) is 6.15. The number of aliphatic imine (C=N–C) groups is 1. The van der Waals surface area contributed by atoms with Crippen molar-refractivity contribution in [3.8, 4) is 0 Å². The molecule has 1 aliphatic rings. The van der Waals surface area contributed by atoms with Gasteiger partial charge in [-0.05, 0) is 67.3 Å². The molecule has 0 spiro atoms. The van der Waals surface area contributed by atoms with E-state index in [4.69, 9.17) is 0 Å². The number of hydrogen-bond acceptors (Lipinski definition) is 4. The Labute approximate surface area is 146 Å². The van der Waals surface area contributed by atoms with Crippen molar-refractivity contribution in [2.24, 2.45) is 4.99 Å². The minimum absolute atomic E-state index is 0.213. The number of benzene rings is 2. The van der Waals surface area contributed by atoms with Gasteiger partial charge in [-0.3, -0.25) is 4.99 Å². The topological polar surface area (TPSA) is 41.9 Å². The van der Waals surface area contributed by atoms with E-state index in [1.54, 1.807) is 30.5 Å². The number of carbonyl (C=O) groups excluding carboxylic acids is 1. The molecule has 3 rings (SSSR count). The highest BCUT2D eigenvalue weighted by molar-refractivity contribution is 5.90. The summed E-state index contributed by atoms with van der Waals surface area (Å²) in [6.07, 6.45) is 3.88. The Bertz CT molecular complexity index is 794. The predicted octanol–water partition coefficient (Wildman–Crippen LogP) is 4.27. The summed E-state index contributed by atoms with van der Waals surface area (Å²) in [5, 5.41) is 0. The summed E-state index contributed by atoms with van der Waals surface area (Å²) in [5.41, 5.74) is 3.57. The first-order valence-corrected chi connectivity index (χ1v) is 8.36. The lowest BCUT2D eigenvalue weighted by molar-refractivity contribution is 0.0601. The van der Waals surface area contributed by atoms with E-state index in [0.29, 0.717) is 16.9 Å². The van der Waals surface area contributed by atoms with Gasteiger partial charge in [0.1, 0.15) is 5.82 Å². The minimum Gasteiger partial charge on any atom is -0.465 e. The van der Waals surface area contributed by atoms with Crippen LogP contribution in [-0.2, 0) is 4.74 Å². The molecule has 1 saturated heterocycles. The van der Waals surface area contributed by atoms with Crippen LogP contribution in [0.4, 0.5) is 15.8 Å². The highest BCUT2D eigenvalue weighted by Crippen LogP contribution is 2.26. The smallest absolute Gasteiger partial charge is 0.337 e. The van der Waals surface area contributed by atoms with Crippen molar-refractivity contribution in [3.63, 3.8) is 0 Å². The molecule has 0 atom stereocenters. The molecule has 0 aliphatic carbocycles. The highest BCUT2D eigenvalue weighted by atomic mass is 19.1. The van der Waals surface area contributed by atoms with Gasteiger partial charge in [-0.1, -0.05) is 0 Å². The first-order chi connectivity index (χ1) is 12.1. The molecule has 0 amide bonds. The van der Waals surface area contributed by atoms with Crippen LogP contribution in [0.5, 0.6) is 0 Å². The van der Waals surface area contributed by atoms with Crippen LogP contribution in [0.15, 0.2) is 41.4 Å². The zero-order chi connectivity index (χ0) is 17.8. The number of nitrogens with zero attached hydrogens (tertiary/aromatic N) is 2. The van der Waals surface area contributed by atoms with E-state index in [1.807, 2.05) is 13.0 Å². The van der Waals surface area contributed by atoms with Crippen LogP contribution in [0.3, 0.4) is 0 Å². The van der Waals surface area contributed by atoms with Gasteiger partial charge in [0, 0.05) is 19.3 Å². The third kappa shape index (κ3) is 3.87. The number of anilines is 1. The molecule has 0 unspecified atom stereocenters. The largest absolute Gasteiger partial charge is 0.465 e. The summed E-state index contributed by atoms with van der Waals surface area (Å²) >= 11 is 0. The third-order valence-electron chi connectivity index (χ3n) is 4.42. The summed E-state index contributed by atoms with van der Waals surface area (Å²) in [7, 11) is 1.34. The van der Waals surface area contributed by atoms with Crippen molar-refractivity contribution in [3.05, 3.63) is 58.9 Å². The number of ether oxygens (including phenoxy) is 1. The van der Waals surface area contributed by atoms with Crippen molar-refractivity contribution in [2.45, 2.75) is 19.8 Å². The summed E-state index contributed by atoms with van der Waals surface area (Å²) < 4.78 is 19.1. The fourth-order valence-electron chi connectivity index (χ4n) is 2.97. The monoisotopic (exact) mass is 340 g/mol. The Balaban J connectivity index is 1.79. The second-order valence-electron chi connectivity index (χ2n) is 6.15. The molecule has 0 bridgehead atoms. The van der Waals surface area contributed by atoms with E-state index in [1.165, 1.54) is 13.2 Å². The normalized spacial score (nSPS) is 14.3. The molecule has 2 aromatic carbocycles. The van der Waals surface area contributed by atoms with Gasteiger partial charge in [-0.15, -0.1) is 0 Å². The molecular weight excluding hydrogens is 319 g/mol. The number of carbonyl (C=O) groups is 1. The maximum absolute atomic E-state index is 14.4. The average molecular weight is 340 g/mol. The van der Waals surface area contributed by atoms with Gasteiger partial charge in [0.15, 0.2) is 0 Å². The number of hydrogen-bond donors (Lipinski definition) is 0. The van der Waals surface area contributed by atoms with Crippen molar-refractivity contribution < 1.29 is 13.9 Å². The molecule has 4 nitrogen and oxygen atoms in total. The lowest BCUT2D eigenvalue weighted by Gasteiger charge is -2.19. The number of methoxy groups -OCH3 is 1. The number of halogens is 1. The van der Waals surface area contributed by atoms with E-state index >= 15 is 0 Å². The Morgan fingerprint density at radius 2 is 1.88 bits per heavy atom. The average Bonchev–Trinajstić information content (AvgIpc) is 3.16. The molecule has 5 heteroatoms. The van der Waals surface area contributed by atoms with Gasteiger partial charge >= 0.3 is 5.97 Å². The van der Waals surface area contributed by atoms with Gasteiger partial charge < -0.3 is 9.64 Å². The molecule has 1 fully saturated rings. The van der Waals surface area contributed by atoms with Gasteiger partial charge in [0.25, 0.3) is 0 Å². The minimum atomic E-state index is -0.383. The van der Waals surface area contributed by atoms with Crippen LogP contribution in [-0.4, -0.2) is 32.4 Å². The molecule has 0 N–H and O–H groups in total. The summed E-state index contributed by atoms with van der Waals surface area (Å²) in [5.74, 6) is -0.596. The van der Waals surface area contributed by atoms with Crippen molar-refractivity contribution in [1.82, 2.24) is 0 Å². The van der Waals surface area contributed by atoms with E-state index in [-0.39, 0.29) is 11.8 Å². The van der Waals surface area contributed by atoms with Crippen molar-refractivity contribution in [2.75, 3.05) is 25.1 Å². The van der Waals surface area contributed by atoms with Gasteiger partial charge in [0.05, 0.1) is 24.0 Å². The lowest BCUT2D eigenvalue weighted by atomic mass is 10.1. The van der Waals surface area contributed by atoms with Gasteiger partial charge in [-0.25, -0.2) is 9.18 Å². The number of aryl methyl sites for hydroxylation is 1. The number of esters is 1. The molecule has 0 aromatic heterocycles. The van der Waals surface area contributed by atoms with E-state index < -0.39 is 0 Å². The van der Waals surface area contributed by atoms with Crippen LogP contribution >= 0.6 is 0 Å². The second kappa shape index (κ2) is 7.47. The Hall–Kier alpha value is -2.69. The molecule has 1 aliphatic heterocycles. The van der Waals surface area contributed by atoms with Gasteiger partial charge in [-0.2, -0.15) is 0 Å². The van der Waals surface area contributed by atoms with Crippen LogP contribution in [0, 0.1) is 12.7 Å². The molecule has 2 aromatic rings. The fraction of sp³-hybridized carbons (Fsp3) is 0.300. The first kappa shape index (κ1) is 17.1. The zero-order valence-corrected chi connectivity index (χ0v) is 14.5. The highest BCUT2D eigenvalue weighted by Gasteiger charge is 2.17. The van der Waals surface area contributed by atoms with E-state index in [2.05, 4.69) is 14.6 Å². The fourth-order valence-corrected chi connectivity index (χ4v) is 2.97. The Morgan fingerprint density at radius 1 is 1.20 bits per heavy atom. The summed E-state index contributed by atoms with van der Waals surface area (Å²) in [6, 6.07) is 10.2. The summed E-state index contributed by atoms with van der Waals surface area (Å²) in [4.78, 5) is 17.9. The third-order valence-corrected chi connectivity index (χ3v) is 4.42. The van der Waals surface area contributed by atoms with Crippen LogP contribution < -0.4 is 4.90 Å². The van der Waals surface area contributed by atoms with Crippen LogP contribution in [0.2, 0.25) is 0 Å². The molecular formula is C20H21FN2O2. The van der Waals surface area contributed by atoms with E-state index in [0.717, 1.165) is 37.1 Å². The maximum Gasteiger partial charge on any atom is 0.337 e. The van der Waals surface area contributed by atoms with Gasteiger partial charge in [0.2, 0.25) is 0 Å². The lowest BCUT2D eigenvalue weighted by Crippen LogP contribution is -2.19. The SMILES string of the molecule is COC(=O)c1ccc(N=Cc2cc(F)c(N3CCCC3)cc2C)cc1. The standard InChI is InChI=1S/C20H21FN2O2/c1-14-11-19(23-9-3-4-10-23)18(21)12-16(14)13-22-17-7-5-15(6-8-17)20(24)25-2/h5-8,11-13H,3-4,9-10H2,1-2H3. The molecule has 0 saturated carbocycles. The van der Waals surface area contributed by atoms with E-state index in [9.17, 15) is 9.18 Å². The van der Waals surface area contributed by atoms with Crippen molar-refractivity contribution >= 4 is 23.6 Å². The summed E-state index contributed by atoms with van der Waals surface area (Å²) in [6.45, 7) is 3.79. The molecule has 25 heavy (non-hydrogen) atoms.